The second-order valence-corrected chi connectivity index (χ2v) is 15.7. The molecule has 0 aromatic carbocycles. The number of aliphatic hydroxyl groups excluding tert-OH is 1. The molecule has 2 heterocycles. The summed E-state index contributed by atoms with van der Waals surface area (Å²) >= 11 is 0. The van der Waals surface area contributed by atoms with E-state index in [2.05, 4.69) is 31.9 Å². The number of nitrogens with zero attached hydrogens (tertiary/aromatic N) is 1. The molecule has 0 radical (unpaired) electrons. The lowest BCUT2D eigenvalue weighted by Crippen LogP contribution is -2.59. The van der Waals surface area contributed by atoms with Gasteiger partial charge in [0.15, 0.2) is 0 Å². The van der Waals surface area contributed by atoms with Crippen LogP contribution >= 0.6 is 21.6 Å². The smallest absolute Gasteiger partial charge is 0.243 e. The van der Waals surface area contributed by atoms with Crippen LogP contribution in [0.2, 0.25) is 0 Å². The topological polar surface area (TPSA) is 284 Å². The molecule has 2 unspecified atom stereocenters. The zero-order chi connectivity index (χ0) is 38.4. The summed E-state index contributed by atoms with van der Waals surface area (Å²) in [4.78, 5) is 103. The molecular weight excluding hydrogens is 707 g/mol. The fourth-order valence-corrected chi connectivity index (χ4v) is 8.06. The third-order valence-corrected chi connectivity index (χ3v) is 11.1. The number of amides is 8. The van der Waals surface area contributed by atoms with Crippen molar-refractivity contribution < 1.29 is 43.5 Å². The molecule has 288 valence electrons. The first-order valence-electron chi connectivity index (χ1n) is 16.9. The molecule has 0 aromatic rings. The van der Waals surface area contributed by atoms with Crippen LogP contribution in [0.15, 0.2) is 0 Å². The van der Waals surface area contributed by atoms with Gasteiger partial charge in [-0.3, -0.25) is 43.3 Å². The van der Waals surface area contributed by atoms with Gasteiger partial charge < -0.3 is 48.5 Å². The predicted molar refractivity (Wildman–Crippen MR) is 191 cm³/mol. The third kappa shape index (κ3) is 14.1. The SMILES string of the molecule is CC[C@H](C)C(NC(=O)C1CCCN1C[C@H](O)[C@@H]1CSSC[C@H](NC(C)=O)C(=O)NCC(=O)N[C@@H](CC(N)=O)C(=O)N1)C(=O)N[C@H](C(N)=O)C(C)C. The van der Waals surface area contributed by atoms with E-state index in [-0.39, 0.29) is 29.9 Å². The fraction of sp³-hybridized carbons (Fsp3) is 0.742. The van der Waals surface area contributed by atoms with E-state index in [0.29, 0.717) is 25.8 Å². The number of likely N-dealkylation sites (tertiary alicyclic amines) is 1. The van der Waals surface area contributed by atoms with Crippen LogP contribution in [0.1, 0.15) is 60.3 Å². The monoisotopic (exact) mass is 759 g/mol. The van der Waals surface area contributed by atoms with E-state index >= 15 is 0 Å². The highest BCUT2D eigenvalue weighted by Gasteiger charge is 2.38. The Bertz CT molecular complexity index is 1290. The second-order valence-electron chi connectivity index (χ2n) is 13.2. The van der Waals surface area contributed by atoms with Crippen molar-refractivity contribution in [2.45, 2.75) is 103 Å². The minimum atomic E-state index is -1.41. The largest absolute Gasteiger partial charge is 0.390 e. The Labute approximate surface area is 305 Å². The van der Waals surface area contributed by atoms with E-state index in [1.165, 1.54) is 28.5 Å². The quantitative estimate of drug-likeness (QED) is 0.0794. The molecule has 2 aliphatic rings. The maximum absolute atomic E-state index is 13.7. The molecule has 2 saturated heterocycles. The molecule has 0 aromatic heterocycles. The van der Waals surface area contributed by atoms with Gasteiger partial charge in [-0.05, 0) is 31.2 Å². The number of primary amides is 2. The average Bonchev–Trinajstić information content (AvgIpc) is 3.51. The first-order valence-corrected chi connectivity index (χ1v) is 19.4. The van der Waals surface area contributed by atoms with Crippen LogP contribution in [-0.4, -0.2) is 131 Å². The molecule has 2 aliphatic heterocycles. The highest BCUT2D eigenvalue weighted by atomic mass is 33.1. The lowest BCUT2D eigenvalue weighted by atomic mass is 9.96. The zero-order valence-corrected chi connectivity index (χ0v) is 31.3. The molecule has 11 N–H and O–H groups in total. The van der Waals surface area contributed by atoms with Crippen molar-refractivity contribution in [3.63, 3.8) is 0 Å². The molecule has 8 amide bonds. The van der Waals surface area contributed by atoms with E-state index in [4.69, 9.17) is 11.5 Å². The van der Waals surface area contributed by atoms with E-state index in [9.17, 15) is 43.5 Å². The molecule has 2 fully saturated rings. The van der Waals surface area contributed by atoms with Gasteiger partial charge in [0.05, 0.1) is 31.2 Å². The van der Waals surface area contributed by atoms with E-state index < -0.39 is 103 Å². The second kappa shape index (κ2) is 21.0. The highest BCUT2D eigenvalue weighted by molar-refractivity contribution is 8.76. The number of carbonyl (C=O) groups is 8. The summed E-state index contributed by atoms with van der Waals surface area (Å²) < 4.78 is 0. The Hall–Kier alpha value is -3.62. The molecule has 8 atom stereocenters. The van der Waals surface area contributed by atoms with Gasteiger partial charge in [0.25, 0.3) is 0 Å². The van der Waals surface area contributed by atoms with Crippen LogP contribution in [0.4, 0.5) is 0 Å². The molecule has 0 spiro atoms. The van der Waals surface area contributed by atoms with Crippen molar-refractivity contribution in [1.82, 2.24) is 36.8 Å². The van der Waals surface area contributed by atoms with E-state index in [1.807, 2.05) is 6.92 Å². The molecule has 0 bridgehead atoms. The van der Waals surface area contributed by atoms with Crippen molar-refractivity contribution in [3.8, 4) is 0 Å². The molecule has 2 rings (SSSR count). The van der Waals surface area contributed by atoms with Gasteiger partial charge >= 0.3 is 0 Å². The van der Waals surface area contributed by atoms with Gasteiger partial charge in [0.2, 0.25) is 47.3 Å². The minimum absolute atomic E-state index is 0.0602. The Morgan fingerprint density at radius 1 is 0.980 bits per heavy atom. The molecule has 18 nitrogen and oxygen atoms in total. The predicted octanol–water partition coefficient (Wildman–Crippen LogP) is -3.17. The molecule has 51 heavy (non-hydrogen) atoms. The van der Waals surface area contributed by atoms with Gasteiger partial charge in [0.1, 0.15) is 24.2 Å². The summed E-state index contributed by atoms with van der Waals surface area (Å²) in [5.41, 5.74) is 10.8. The van der Waals surface area contributed by atoms with Crippen LogP contribution in [-0.2, 0) is 38.4 Å². The molecular formula is C31H53N9O9S2. The summed E-state index contributed by atoms with van der Waals surface area (Å²) in [5.74, 6) is -5.54. The number of hydrogen-bond acceptors (Lipinski definition) is 12. The summed E-state index contributed by atoms with van der Waals surface area (Å²) in [5, 5.41) is 27.0. The maximum Gasteiger partial charge on any atom is 0.243 e. The maximum atomic E-state index is 13.7. The summed E-state index contributed by atoms with van der Waals surface area (Å²) in [7, 11) is 2.41. The Balaban J connectivity index is 2.25. The summed E-state index contributed by atoms with van der Waals surface area (Å²) in [6, 6.07) is -5.94. The number of rotatable bonds is 14. The van der Waals surface area contributed by atoms with Crippen LogP contribution in [0.3, 0.4) is 0 Å². The number of β-amino-alcohol motifs (C(OH)–C–C–N with tert-alkyl or cyclic N) is 1. The zero-order valence-electron chi connectivity index (χ0n) is 29.7. The number of nitrogens with two attached hydrogens (primary N) is 2. The highest BCUT2D eigenvalue weighted by Crippen LogP contribution is 2.25. The van der Waals surface area contributed by atoms with Crippen molar-refractivity contribution in [1.29, 1.82) is 0 Å². The van der Waals surface area contributed by atoms with Crippen LogP contribution in [0.25, 0.3) is 0 Å². The Morgan fingerprint density at radius 3 is 2.24 bits per heavy atom. The molecule has 0 saturated carbocycles. The third-order valence-electron chi connectivity index (χ3n) is 8.68. The first kappa shape index (κ1) is 43.5. The van der Waals surface area contributed by atoms with Gasteiger partial charge in [-0.15, -0.1) is 0 Å². The van der Waals surface area contributed by atoms with E-state index in [1.54, 1.807) is 25.7 Å². The standard InChI is InChI=1S/C31H53N9O9S2/c1-6-16(4)26(31(49)38-25(15(2)3)27(33)45)39-30(48)21-8-7-9-40(21)12-22(42)19-13-50-51-14-20(35-17(5)41)28(46)34-11-24(44)36-18(10-23(32)43)29(47)37-19/h15-16,18-22,25-26,42H,6-14H2,1-5H3,(H2,32,43)(H2,33,45)(H,34,46)(H,35,41)(H,36,44)(H,37,47)(H,38,49)(H,39,48)/t16-,18-,19-,20-,21?,22-,25-,26?/m0/s1. The van der Waals surface area contributed by atoms with Crippen molar-refractivity contribution >= 4 is 68.8 Å². The van der Waals surface area contributed by atoms with Crippen molar-refractivity contribution in [3.05, 3.63) is 0 Å². The van der Waals surface area contributed by atoms with Crippen LogP contribution in [0.5, 0.6) is 0 Å². The summed E-state index contributed by atoms with van der Waals surface area (Å²) in [6.45, 7) is 8.24. The Kier molecular flexibility index (Phi) is 18.0. The first-order chi connectivity index (χ1) is 23.9. The van der Waals surface area contributed by atoms with Crippen LogP contribution in [0, 0.1) is 11.8 Å². The van der Waals surface area contributed by atoms with E-state index in [0.717, 1.165) is 0 Å². The molecule has 0 aliphatic carbocycles. The molecule has 20 heteroatoms. The fourth-order valence-electron chi connectivity index (χ4n) is 5.61. The number of nitrogens with one attached hydrogen (secondary N) is 6. The number of aliphatic hydroxyl groups is 1. The van der Waals surface area contributed by atoms with Crippen molar-refractivity contribution in [2.75, 3.05) is 31.1 Å². The lowest BCUT2D eigenvalue weighted by Gasteiger charge is -2.33. The van der Waals surface area contributed by atoms with Crippen molar-refractivity contribution in [2.24, 2.45) is 23.3 Å². The minimum Gasteiger partial charge on any atom is -0.390 e. The van der Waals surface area contributed by atoms with Gasteiger partial charge in [-0.25, -0.2) is 0 Å². The van der Waals surface area contributed by atoms with Gasteiger partial charge in [-0.1, -0.05) is 55.7 Å². The lowest BCUT2D eigenvalue weighted by molar-refractivity contribution is -0.134. The van der Waals surface area contributed by atoms with Gasteiger partial charge in [0, 0.05) is 25.0 Å². The number of carbonyl (C=O) groups excluding carboxylic acids is 8. The number of hydrogen-bond donors (Lipinski definition) is 9. The summed E-state index contributed by atoms with van der Waals surface area (Å²) in [6.07, 6.45) is -0.202. The normalized spacial score (nSPS) is 24.8. The van der Waals surface area contributed by atoms with Crippen LogP contribution < -0.4 is 43.4 Å². The van der Waals surface area contributed by atoms with Gasteiger partial charge in [-0.2, -0.15) is 0 Å². The average molecular weight is 760 g/mol. The Morgan fingerprint density at radius 2 is 1.65 bits per heavy atom.